The van der Waals surface area contributed by atoms with Gasteiger partial charge in [0.2, 0.25) is 0 Å². The van der Waals surface area contributed by atoms with E-state index < -0.39 is 6.10 Å². The van der Waals surface area contributed by atoms with Crippen LogP contribution in [-0.2, 0) is 14.3 Å². The molecule has 0 spiro atoms. The van der Waals surface area contributed by atoms with Crippen molar-refractivity contribution in [2.75, 3.05) is 13.7 Å². The Kier molecular flexibility index (Phi) is 3.74. The first kappa shape index (κ1) is 13.5. The van der Waals surface area contributed by atoms with Crippen LogP contribution in [0.5, 0.6) is 0 Å². The van der Waals surface area contributed by atoms with Crippen molar-refractivity contribution >= 4 is 5.91 Å². The third-order valence-electron chi connectivity index (χ3n) is 4.33. The summed E-state index contributed by atoms with van der Waals surface area (Å²) in [4.78, 5) is 12.4. The molecule has 3 rings (SSSR count). The van der Waals surface area contributed by atoms with Gasteiger partial charge in [-0.1, -0.05) is 30.3 Å². The van der Waals surface area contributed by atoms with E-state index >= 15 is 0 Å². The van der Waals surface area contributed by atoms with Gasteiger partial charge in [0.15, 0.2) is 6.10 Å². The number of carbonyl (C=O) groups is 1. The molecule has 108 valence electrons. The summed E-state index contributed by atoms with van der Waals surface area (Å²) in [7, 11) is 1.53. The van der Waals surface area contributed by atoms with Crippen molar-refractivity contribution in [3.63, 3.8) is 0 Å². The number of carbonyl (C=O) groups excluding carboxylic acids is 1. The first-order valence-electron chi connectivity index (χ1n) is 6.97. The highest BCUT2D eigenvalue weighted by Gasteiger charge is 2.53. The summed E-state index contributed by atoms with van der Waals surface area (Å²) < 4.78 is 10.9. The molecule has 1 aliphatic carbocycles. The minimum atomic E-state index is -0.608. The maximum absolute atomic E-state index is 12.4. The number of nitrogens with one attached hydrogen (secondary N) is 1. The van der Waals surface area contributed by atoms with Crippen molar-refractivity contribution in [2.24, 2.45) is 11.7 Å². The second kappa shape index (κ2) is 5.52. The van der Waals surface area contributed by atoms with E-state index in [2.05, 4.69) is 5.32 Å². The van der Waals surface area contributed by atoms with Crippen LogP contribution in [-0.4, -0.2) is 37.8 Å². The van der Waals surface area contributed by atoms with E-state index in [1.165, 1.54) is 7.11 Å². The van der Waals surface area contributed by atoms with Gasteiger partial charge < -0.3 is 20.5 Å². The van der Waals surface area contributed by atoms with Crippen molar-refractivity contribution < 1.29 is 14.3 Å². The van der Waals surface area contributed by atoms with E-state index in [0.29, 0.717) is 5.92 Å². The molecule has 1 aromatic carbocycles. The molecule has 1 amide bonds. The van der Waals surface area contributed by atoms with Crippen LogP contribution in [0.3, 0.4) is 0 Å². The average molecular weight is 276 g/mol. The number of nitrogens with two attached hydrogens (primary N) is 1. The smallest absolute Gasteiger partial charge is 0.254 e. The standard InChI is InChI=1S/C15H20N2O3/c1-19-13(9-5-3-2-4-6-9)15(18)17-12-11(16)10-7-8-20-14(10)12/h2-6,10-14H,7-8,16H2,1H3,(H,17,18). The van der Waals surface area contributed by atoms with Crippen molar-refractivity contribution in [1.29, 1.82) is 0 Å². The van der Waals surface area contributed by atoms with E-state index in [-0.39, 0.29) is 24.1 Å². The van der Waals surface area contributed by atoms with Gasteiger partial charge in [-0.15, -0.1) is 0 Å². The second-order valence-electron chi connectivity index (χ2n) is 5.43. The maximum atomic E-state index is 12.4. The number of hydrogen-bond acceptors (Lipinski definition) is 4. The van der Waals surface area contributed by atoms with Crippen LogP contribution in [0.4, 0.5) is 0 Å². The Morgan fingerprint density at radius 1 is 1.45 bits per heavy atom. The van der Waals surface area contributed by atoms with Crippen molar-refractivity contribution in [3.05, 3.63) is 35.9 Å². The zero-order valence-electron chi connectivity index (χ0n) is 11.5. The predicted molar refractivity (Wildman–Crippen MR) is 73.9 cm³/mol. The van der Waals surface area contributed by atoms with Crippen LogP contribution in [0.25, 0.3) is 0 Å². The van der Waals surface area contributed by atoms with Crippen molar-refractivity contribution in [3.8, 4) is 0 Å². The van der Waals surface area contributed by atoms with Crippen LogP contribution in [0.2, 0.25) is 0 Å². The lowest BCUT2D eigenvalue weighted by Crippen LogP contribution is -2.69. The van der Waals surface area contributed by atoms with Gasteiger partial charge >= 0.3 is 0 Å². The lowest BCUT2D eigenvalue weighted by Gasteiger charge is -2.45. The fraction of sp³-hybridized carbons (Fsp3) is 0.533. The number of rotatable bonds is 4. The summed E-state index contributed by atoms with van der Waals surface area (Å²) >= 11 is 0. The Morgan fingerprint density at radius 3 is 2.90 bits per heavy atom. The average Bonchev–Trinajstić information content (AvgIpc) is 2.91. The molecule has 1 saturated carbocycles. The molecule has 5 atom stereocenters. The van der Waals surface area contributed by atoms with Crippen molar-refractivity contribution in [2.45, 2.75) is 30.7 Å². The molecule has 3 N–H and O–H groups in total. The molecule has 2 aliphatic rings. The van der Waals surface area contributed by atoms with Crippen LogP contribution < -0.4 is 11.1 Å². The summed E-state index contributed by atoms with van der Waals surface area (Å²) in [6.07, 6.45) is 0.455. The van der Waals surface area contributed by atoms with Gasteiger partial charge in [0, 0.05) is 25.7 Å². The fourth-order valence-electron chi connectivity index (χ4n) is 3.19. The predicted octanol–water partition coefficient (Wildman–Crippen LogP) is 0.605. The summed E-state index contributed by atoms with van der Waals surface area (Å²) in [6.45, 7) is 0.738. The van der Waals surface area contributed by atoms with Gasteiger partial charge in [-0.05, 0) is 12.0 Å². The first-order valence-corrected chi connectivity index (χ1v) is 6.97. The third kappa shape index (κ3) is 2.22. The number of fused-ring (bicyclic) bond motifs is 1. The minimum Gasteiger partial charge on any atom is -0.376 e. The molecule has 1 aliphatic heterocycles. The monoisotopic (exact) mass is 276 g/mol. The summed E-state index contributed by atoms with van der Waals surface area (Å²) in [5.41, 5.74) is 6.94. The maximum Gasteiger partial charge on any atom is 0.254 e. The van der Waals surface area contributed by atoms with Crippen LogP contribution in [0.15, 0.2) is 30.3 Å². The molecule has 1 saturated heterocycles. The Hall–Kier alpha value is -1.43. The summed E-state index contributed by atoms with van der Waals surface area (Å²) in [5, 5.41) is 2.97. The first-order chi connectivity index (χ1) is 9.72. The highest BCUT2D eigenvalue weighted by atomic mass is 16.5. The van der Waals surface area contributed by atoms with E-state index in [4.69, 9.17) is 15.2 Å². The minimum absolute atomic E-state index is 0.0141. The largest absolute Gasteiger partial charge is 0.376 e. The van der Waals surface area contributed by atoms with Crippen LogP contribution in [0.1, 0.15) is 18.1 Å². The van der Waals surface area contributed by atoms with Gasteiger partial charge in [-0.2, -0.15) is 0 Å². The molecule has 5 heteroatoms. The van der Waals surface area contributed by atoms with E-state index in [9.17, 15) is 4.79 Å². The molecule has 1 aromatic rings. The molecule has 20 heavy (non-hydrogen) atoms. The van der Waals surface area contributed by atoms with E-state index in [1.54, 1.807) is 0 Å². The zero-order valence-corrected chi connectivity index (χ0v) is 11.5. The van der Waals surface area contributed by atoms with Crippen LogP contribution >= 0.6 is 0 Å². The van der Waals surface area contributed by atoms with Gasteiger partial charge in [0.25, 0.3) is 5.91 Å². The molecule has 0 bridgehead atoms. The molecular weight excluding hydrogens is 256 g/mol. The molecule has 5 nitrogen and oxygen atoms in total. The van der Waals surface area contributed by atoms with Gasteiger partial charge in [-0.25, -0.2) is 0 Å². The number of amides is 1. The van der Waals surface area contributed by atoms with Crippen molar-refractivity contribution in [1.82, 2.24) is 5.32 Å². The third-order valence-corrected chi connectivity index (χ3v) is 4.33. The molecule has 0 radical (unpaired) electrons. The highest BCUT2D eigenvalue weighted by Crippen LogP contribution is 2.38. The molecule has 5 unspecified atom stereocenters. The SMILES string of the molecule is COC(C(=O)NC1C(N)C2CCOC21)c1ccccc1. The number of benzene rings is 1. The lowest BCUT2D eigenvalue weighted by molar-refractivity contribution is -0.136. The Balaban J connectivity index is 1.66. The normalized spacial score (nSPS) is 33.1. The fourth-order valence-corrected chi connectivity index (χ4v) is 3.19. The Morgan fingerprint density at radius 2 is 2.20 bits per heavy atom. The zero-order chi connectivity index (χ0) is 14.1. The Bertz CT molecular complexity index is 479. The molecule has 2 fully saturated rings. The Labute approximate surface area is 118 Å². The number of methoxy groups -OCH3 is 1. The molecule has 1 heterocycles. The number of hydrogen-bond donors (Lipinski definition) is 2. The quantitative estimate of drug-likeness (QED) is 0.845. The number of ether oxygens (including phenoxy) is 2. The molecule has 0 aromatic heterocycles. The topological polar surface area (TPSA) is 73.6 Å². The summed E-state index contributed by atoms with van der Waals surface area (Å²) in [6, 6.07) is 9.33. The highest BCUT2D eigenvalue weighted by molar-refractivity contribution is 5.82. The lowest BCUT2D eigenvalue weighted by atomic mass is 9.72. The van der Waals surface area contributed by atoms with E-state index in [0.717, 1.165) is 18.6 Å². The van der Waals surface area contributed by atoms with E-state index in [1.807, 2.05) is 30.3 Å². The van der Waals surface area contributed by atoms with Gasteiger partial charge in [0.05, 0.1) is 12.1 Å². The van der Waals surface area contributed by atoms with Gasteiger partial charge in [0.1, 0.15) is 0 Å². The van der Waals surface area contributed by atoms with Gasteiger partial charge in [-0.3, -0.25) is 4.79 Å². The van der Waals surface area contributed by atoms with Crippen LogP contribution in [0, 0.1) is 5.92 Å². The molecular formula is C15H20N2O3. The second-order valence-corrected chi connectivity index (χ2v) is 5.43. The summed E-state index contributed by atoms with van der Waals surface area (Å²) in [5.74, 6) is 0.228.